The van der Waals surface area contributed by atoms with Crippen molar-refractivity contribution in [3.05, 3.63) is 76.6 Å². The summed E-state index contributed by atoms with van der Waals surface area (Å²) in [4.78, 5) is 24.3. The van der Waals surface area contributed by atoms with Gasteiger partial charge >= 0.3 is 0 Å². The molecular weight excluding hydrogens is 419 g/mol. The largest absolute Gasteiger partial charge is 0.384 e. The predicted octanol–water partition coefficient (Wildman–Crippen LogP) is 3.14. The molecule has 0 spiro atoms. The van der Waals surface area contributed by atoms with Crippen molar-refractivity contribution in [3.8, 4) is 0 Å². The number of likely N-dealkylation sites (tertiary alicyclic amines) is 1. The number of Topliss-reactive ketones (excluding diaryl/α,β-unsaturated/α-hetero) is 1. The summed E-state index contributed by atoms with van der Waals surface area (Å²) in [7, 11) is 1.87. The molecule has 0 saturated carbocycles. The van der Waals surface area contributed by atoms with Crippen molar-refractivity contribution in [2.75, 3.05) is 31.5 Å². The van der Waals surface area contributed by atoms with Crippen LogP contribution in [0.3, 0.4) is 0 Å². The monoisotopic (exact) mass is 444 g/mol. The van der Waals surface area contributed by atoms with Gasteiger partial charge in [0.15, 0.2) is 5.78 Å². The molecule has 1 saturated heterocycles. The third-order valence-electron chi connectivity index (χ3n) is 7.05. The second-order valence-corrected chi connectivity index (χ2v) is 9.08. The van der Waals surface area contributed by atoms with E-state index in [0.717, 1.165) is 36.7 Å². The molecule has 2 aromatic carbocycles. The summed E-state index contributed by atoms with van der Waals surface area (Å²) in [5.74, 6) is -0.0367. The van der Waals surface area contributed by atoms with Crippen molar-refractivity contribution < 1.29 is 9.18 Å². The number of carbonyl (C=O) groups is 1. The first kappa shape index (κ1) is 20.2. The van der Waals surface area contributed by atoms with Gasteiger partial charge in [-0.1, -0.05) is 24.3 Å². The van der Waals surface area contributed by atoms with Gasteiger partial charge in [0.2, 0.25) is 0 Å². The van der Waals surface area contributed by atoms with E-state index < -0.39 is 5.82 Å². The number of anilines is 1. The number of nitrogens with one attached hydrogen (secondary N) is 1. The fourth-order valence-corrected chi connectivity index (χ4v) is 5.21. The summed E-state index contributed by atoms with van der Waals surface area (Å²) in [5, 5.41) is 7.72. The maximum atomic E-state index is 14.4. The molecule has 3 aromatic rings. The molecule has 33 heavy (non-hydrogen) atoms. The molecule has 0 bridgehead atoms. The van der Waals surface area contributed by atoms with Gasteiger partial charge in [0.1, 0.15) is 24.5 Å². The summed E-state index contributed by atoms with van der Waals surface area (Å²) in [6.45, 7) is 3.88. The van der Waals surface area contributed by atoms with E-state index in [0.29, 0.717) is 23.4 Å². The topological polar surface area (TPSA) is 75.4 Å². The van der Waals surface area contributed by atoms with Crippen LogP contribution in [0.1, 0.15) is 51.1 Å². The molecule has 168 valence electrons. The second-order valence-electron chi connectivity index (χ2n) is 9.08. The van der Waals surface area contributed by atoms with E-state index in [4.69, 9.17) is 4.99 Å². The molecule has 8 heteroatoms. The van der Waals surface area contributed by atoms with Crippen LogP contribution in [-0.4, -0.2) is 57.3 Å². The molecule has 0 aliphatic carbocycles. The Balaban J connectivity index is 1.45. The molecule has 0 amide bonds. The Kier molecular flexibility index (Phi) is 4.83. The number of hydrogen-bond donors (Lipinski definition) is 1. The van der Waals surface area contributed by atoms with Gasteiger partial charge in [0, 0.05) is 42.9 Å². The van der Waals surface area contributed by atoms with Crippen molar-refractivity contribution in [3.63, 3.8) is 0 Å². The molecule has 2 atom stereocenters. The van der Waals surface area contributed by atoms with Gasteiger partial charge < -0.3 is 5.32 Å². The normalized spacial score (nSPS) is 22.1. The average Bonchev–Trinajstić information content (AvgIpc) is 3.13. The van der Waals surface area contributed by atoms with E-state index in [1.165, 1.54) is 24.1 Å². The molecule has 1 aromatic heterocycles. The Hall–Kier alpha value is -3.39. The lowest BCUT2D eigenvalue weighted by molar-refractivity contribution is 0.0999. The fourth-order valence-electron chi connectivity index (χ4n) is 5.21. The van der Waals surface area contributed by atoms with Gasteiger partial charge in [-0.15, -0.1) is 0 Å². The van der Waals surface area contributed by atoms with E-state index >= 15 is 0 Å². The highest BCUT2D eigenvalue weighted by molar-refractivity contribution is 6.20. The first-order valence-electron chi connectivity index (χ1n) is 11.4. The third kappa shape index (κ3) is 3.45. The second kappa shape index (κ2) is 7.88. The van der Waals surface area contributed by atoms with Crippen LogP contribution >= 0.6 is 0 Å². The lowest BCUT2D eigenvalue weighted by atomic mass is 9.78. The first-order valence-corrected chi connectivity index (χ1v) is 11.4. The van der Waals surface area contributed by atoms with Crippen LogP contribution in [0.5, 0.6) is 0 Å². The number of benzene rings is 2. The van der Waals surface area contributed by atoms with Crippen LogP contribution in [0.2, 0.25) is 0 Å². The van der Waals surface area contributed by atoms with E-state index in [1.807, 2.05) is 7.05 Å². The number of hydrogen-bond acceptors (Lipinski definition) is 6. The van der Waals surface area contributed by atoms with Gasteiger partial charge in [0.05, 0.1) is 11.6 Å². The van der Waals surface area contributed by atoms with Crippen molar-refractivity contribution in [2.24, 2.45) is 12.0 Å². The number of aryl methyl sites for hydroxylation is 1. The predicted molar refractivity (Wildman–Crippen MR) is 123 cm³/mol. The molecular formula is C25H25FN6O. The Labute approximate surface area is 191 Å². The molecule has 6 rings (SSSR count). The van der Waals surface area contributed by atoms with Gasteiger partial charge in [-0.3, -0.25) is 19.4 Å². The minimum atomic E-state index is -0.421. The molecule has 7 nitrogen and oxygen atoms in total. The summed E-state index contributed by atoms with van der Waals surface area (Å²) in [6, 6.07) is 11.5. The zero-order chi connectivity index (χ0) is 22.5. The van der Waals surface area contributed by atoms with Gasteiger partial charge in [-0.25, -0.2) is 9.37 Å². The highest BCUT2D eigenvalue weighted by Gasteiger charge is 2.40. The van der Waals surface area contributed by atoms with Crippen molar-refractivity contribution in [1.82, 2.24) is 19.7 Å². The molecule has 3 aliphatic rings. The third-order valence-corrected chi connectivity index (χ3v) is 7.05. The number of halogens is 1. The van der Waals surface area contributed by atoms with E-state index in [2.05, 4.69) is 44.6 Å². The molecule has 1 N–H and O–H groups in total. The zero-order valence-electron chi connectivity index (χ0n) is 18.5. The summed E-state index contributed by atoms with van der Waals surface area (Å²) in [6.07, 6.45) is 2.82. The summed E-state index contributed by atoms with van der Waals surface area (Å²) >= 11 is 0. The maximum absolute atomic E-state index is 14.4. The highest BCUT2D eigenvalue weighted by Crippen LogP contribution is 2.42. The van der Waals surface area contributed by atoms with Gasteiger partial charge in [-0.2, -0.15) is 5.10 Å². The molecule has 1 fully saturated rings. The fraction of sp³-hybridized carbons (Fsp3) is 0.360. The Morgan fingerprint density at radius 3 is 2.70 bits per heavy atom. The number of ketones is 1. The van der Waals surface area contributed by atoms with Crippen LogP contribution < -0.4 is 5.32 Å². The van der Waals surface area contributed by atoms with Gasteiger partial charge in [0.25, 0.3) is 0 Å². The highest BCUT2D eigenvalue weighted by atomic mass is 19.1. The summed E-state index contributed by atoms with van der Waals surface area (Å²) < 4.78 is 16.1. The standard InChI is InChI=1S/C25H25FN6O/c1-31-25(29-14-30-31)23-19(16-5-3-15(4-6-16)13-32-7-2-8-32)11-27-20-10-17(26)9-18-21(33)12-28-24(23)22(18)20/h3-6,9-10,14,19,23,27H,2,7-8,11-13H2,1H3. The van der Waals surface area contributed by atoms with Crippen LogP contribution in [-0.2, 0) is 13.6 Å². The van der Waals surface area contributed by atoms with Crippen LogP contribution in [0.4, 0.5) is 10.1 Å². The minimum Gasteiger partial charge on any atom is -0.384 e. The molecule has 4 heterocycles. The lowest BCUT2D eigenvalue weighted by Gasteiger charge is -2.31. The van der Waals surface area contributed by atoms with Crippen molar-refractivity contribution in [1.29, 1.82) is 0 Å². The summed E-state index contributed by atoms with van der Waals surface area (Å²) in [5.41, 5.74) is 4.91. The Morgan fingerprint density at radius 2 is 2.00 bits per heavy atom. The van der Waals surface area contributed by atoms with Gasteiger partial charge in [-0.05, 0) is 42.8 Å². The quantitative estimate of drug-likeness (QED) is 0.669. The first-order chi connectivity index (χ1) is 16.1. The van der Waals surface area contributed by atoms with E-state index in [-0.39, 0.29) is 24.2 Å². The van der Waals surface area contributed by atoms with Crippen LogP contribution in [0, 0.1) is 5.82 Å². The molecule has 3 aliphatic heterocycles. The number of rotatable bonds is 4. The average molecular weight is 445 g/mol. The SMILES string of the molecule is Cn1ncnc1C1C2=NCC(=O)c3cc(F)cc(c32)NCC1c1ccc(CN2CCC2)cc1. The smallest absolute Gasteiger partial charge is 0.185 e. The number of aromatic nitrogens is 3. The van der Waals surface area contributed by atoms with Crippen molar-refractivity contribution >= 4 is 17.2 Å². The van der Waals surface area contributed by atoms with Crippen LogP contribution in [0.25, 0.3) is 0 Å². The Bertz CT molecular complexity index is 1260. The molecule has 0 radical (unpaired) electrons. The van der Waals surface area contributed by atoms with E-state index in [9.17, 15) is 9.18 Å². The molecule has 2 unspecified atom stereocenters. The van der Waals surface area contributed by atoms with Crippen LogP contribution in [0.15, 0.2) is 47.7 Å². The van der Waals surface area contributed by atoms with E-state index in [1.54, 1.807) is 11.0 Å². The number of aliphatic imine (C=N–C) groups is 1. The van der Waals surface area contributed by atoms with Crippen molar-refractivity contribution in [2.45, 2.75) is 24.8 Å². The zero-order valence-corrected chi connectivity index (χ0v) is 18.5. The number of carbonyl (C=O) groups excluding carboxylic acids is 1. The lowest BCUT2D eigenvalue weighted by Crippen LogP contribution is -2.36. The Morgan fingerprint density at radius 1 is 1.18 bits per heavy atom. The number of nitrogens with zero attached hydrogens (tertiary/aromatic N) is 5. The maximum Gasteiger partial charge on any atom is 0.185 e. The minimum absolute atomic E-state index is 0.0128.